The van der Waals surface area contributed by atoms with Gasteiger partial charge in [0.1, 0.15) is 5.75 Å². The van der Waals surface area contributed by atoms with E-state index in [9.17, 15) is 13.2 Å². The molecule has 0 saturated carbocycles. The Bertz CT molecular complexity index is 947. The Morgan fingerprint density at radius 1 is 1.15 bits per heavy atom. The molecular formula is C19H21N3O4S. The highest BCUT2D eigenvalue weighted by atomic mass is 32.2. The first-order chi connectivity index (χ1) is 12.9. The van der Waals surface area contributed by atoms with Gasteiger partial charge in [0.25, 0.3) is 5.91 Å². The lowest BCUT2D eigenvalue weighted by Crippen LogP contribution is -2.30. The number of amides is 1. The normalized spacial score (nSPS) is 11.0. The van der Waals surface area contributed by atoms with Gasteiger partial charge < -0.3 is 10.1 Å². The predicted molar refractivity (Wildman–Crippen MR) is 102 cm³/mol. The smallest absolute Gasteiger partial charge is 0.262 e. The topological polar surface area (TPSA) is 99.5 Å². The molecule has 0 atom stereocenters. The molecule has 0 spiro atoms. The number of nitrogens with one attached hydrogen (secondary N) is 1. The second-order valence-electron chi connectivity index (χ2n) is 5.59. The molecule has 0 aliphatic carbocycles. The van der Waals surface area contributed by atoms with Gasteiger partial charge in [-0.3, -0.25) is 4.79 Å². The van der Waals surface area contributed by atoms with Crippen molar-refractivity contribution in [2.45, 2.75) is 18.7 Å². The van der Waals surface area contributed by atoms with Crippen molar-refractivity contribution >= 4 is 21.6 Å². The number of hydrogen-bond acceptors (Lipinski definition) is 5. The van der Waals surface area contributed by atoms with Gasteiger partial charge in [0.2, 0.25) is 10.0 Å². The van der Waals surface area contributed by atoms with Crippen LogP contribution in [0.15, 0.2) is 53.4 Å². The molecule has 142 valence electrons. The van der Waals surface area contributed by atoms with E-state index in [1.807, 2.05) is 6.07 Å². The summed E-state index contributed by atoms with van der Waals surface area (Å²) >= 11 is 0. The number of benzene rings is 2. The molecule has 0 fully saturated rings. The maximum absolute atomic E-state index is 12.6. The van der Waals surface area contributed by atoms with Crippen LogP contribution in [0.25, 0.3) is 0 Å². The molecule has 1 amide bonds. The number of anilines is 1. The van der Waals surface area contributed by atoms with Crippen LogP contribution < -0.4 is 10.1 Å². The average molecular weight is 387 g/mol. The minimum absolute atomic E-state index is 0.117. The Hall–Kier alpha value is -2.89. The maximum atomic E-state index is 12.6. The molecule has 0 saturated heterocycles. The van der Waals surface area contributed by atoms with Crippen molar-refractivity contribution in [1.29, 1.82) is 5.26 Å². The molecule has 7 nitrogen and oxygen atoms in total. The molecule has 0 unspecified atom stereocenters. The average Bonchev–Trinajstić information content (AvgIpc) is 2.67. The lowest BCUT2D eigenvalue weighted by molar-refractivity contribution is -0.118. The third-order valence-corrected chi connectivity index (χ3v) is 5.84. The van der Waals surface area contributed by atoms with E-state index in [4.69, 9.17) is 10.00 Å². The first-order valence-corrected chi connectivity index (χ1v) is 9.87. The summed E-state index contributed by atoms with van der Waals surface area (Å²) in [5, 5.41) is 11.5. The second-order valence-corrected chi connectivity index (χ2v) is 7.53. The Morgan fingerprint density at radius 3 is 2.52 bits per heavy atom. The van der Waals surface area contributed by atoms with Gasteiger partial charge in [0.15, 0.2) is 6.61 Å². The third-order valence-electron chi connectivity index (χ3n) is 3.79. The van der Waals surface area contributed by atoms with Gasteiger partial charge in [-0.05, 0) is 36.4 Å². The molecule has 0 aliphatic rings. The number of rotatable bonds is 8. The summed E-state index contributed by atoms with van der Waals surface area (Å²) in [5.41, 5.74) is 0.796. The zero-order chi connectivity index (χ0) is 19.9. The molecule has 2 aromatic rings. The van der Waals surface area contributed by atoms with Crippen molar-refractivity contribution in [2.24, 2.45) is 0 Å². The number of ether oxygens (including phenoxy) is 1. The maximum Gasteiger partial charge on any atom is 0.262 e. The lowest BCUT2D eigenvalue weighted by atomic mass is 10.2. The van der Waals surface area contributed by atoms with E-state index in [-0.39, 0.29) is 11.5 Å². The minimum atomic E-state index is -3.60. The number of carbonyl (C=O) groups is 1. The first-order valence-electron chi connectivity index (χ1n) is 8.43. The number of nitrogens with zero attached hydrogens (tertiary/aromatic N) is 2. The molecule has 0 aliphatic heterocycles. The molecule has 1 N–H and O–H groups in total. The fourth-order valence-electron chi connectivity index (χ4n) is 2.45. The predicted octanol–water partition coefficient (Wildman–Crippen LogP) is 2.61. The zero-order valence-electron chi connectivity index (χ0n) is 15.2. The van der Waals surface area contributed by atoms with Crippen molar-refractivity contribution in [1.82, 2.24) is 4.31 Å². The SMILES string of the molecule is CCN(CC)S(=O)(=O)c1cccc(NC(=O)COc2cccc(C#N)c2)c1. The monoisotopic (exact) mass is 387 g/mol. The van der Waals surface area contributed by atoms with Gasteiger partial charge in [0, 0.05) is 18.8 Å². The van der Waals surface area contributed by atoms with Gasteiger partial charge in [-0.1, -0.05) is 26.0 Å². The summed E-state index contributed by atoms with van der Waals surface area (Å²) in [6.45, 7) is 4.01. The summed E-state index contributed by atoms with van der Waals surface area (Å²) in [4.78, 5) is 12.2. The molecule has 0 radical (unpaired) electrons. The van der Waals surface area contributed by atoms with Crippen LogP contribution in [0, 0.1) is 11.3 Å². The second kappa shape index (κ2) is 9.16. The Morgan fingerprint density at radius 2 is 1.85 bits per heavy atom. The largest absolute Gasteiger partial charge is 0.484 e. The summed E-state index contributed by atoms with van der Waals surface area (Å²) in [6, 6.07) is 14.6. The molecule has 2 aromatic carbocycles. The summed E-state index contributed by atoms with van der Waals surface area (Å²) in [7, 11) is -3.60. The van der Waals surface area contributed by atoms with E-state index in [0.717, 1.165) is 0 Å². The quantitative estimate of drug-likeness (QED) is 0.750. The van der Waals surface area contributed by atoms with Crippen LogP contribution in [-0.4, -0.2) is 38.3 Å². The summed E-state index contributed by atoms with van der Waals surface area (Å²) in [5.74, 6) is -0.0307. The van der Waals surface area contributed by atoms with Crippen LogP contribution in [0.4, 0.5) is 5.69 Å². The fraction of sp³-hybridized carbons (Fsp3) is 0.263. The van der Waals surface area contributed by atoms with Gasteiger partial charge in [0.05, 0.1) is 16.5 Å². The molecule has 27 heavy (non-hydrogen) atoms. The summed E-state index contributed by atoms with van der Waals surface area (Å²) < 4.78 is 31.8. The minimum Gasteiger partial charge on any atom is -0.484 e. The van der Waals surface area contributed by atoms with Crippen LogP contribution >= 0.6 is 0 Å². The van der Waals surface area contributed by atoms with Crippen LogP contribution in [0.3, 0.4) is 0 Å². The molecule has 8 heteroatoms. The van der Waals surface area contributed by atoms with Crippen molar-refractivity contribution in [3.8, 4) is 11.8 Å². The Labute approximate surface area is 159 Å². The number of nitriles is 1. The molecule has 0 aromatic heterocycles. The van der Waals surface area contributed by atoms with Gasteiger partial charge >= 0.3 is 0 Å². The van der Waals surface area contributed by atoms with Crippen LogP contribution in [0.5, 0.6) is 5.75 Å². The third kappa shape index (κ3) is 5.29. The fourth-order valence-corrected chi connectivity index (χ4v) is 3.95. The van der Waals surface area contributed by atoms with E-state index >= 15 is 0 Å². The highest BCUT2D eigenvalue weighted by Gasteiger charge is 2.21. The van der Waals surface area contributed by atoms with E-state index in [1.165, 1.54) is 22.5 Å². The highest BCUT2D eigenvalue weighted by molar-refractivity contribution is 7.89. The van der Waals surface area contributed by atoms with E-state index in [2.05, 4.69) is 5.32 Å². The van der Waals surface area contributed by atoms with Crippen molar-refractivity contribution in [2.75, 3.05) is 25.0 Å². The van der Waals surface area contributed by atoms with Gasteiger partial charge in [-0.15, -0.1) is 0 Å². The Balaban J connectivity index is 2.05. The first kappa shape index (κ1) is 20.4. The number of carbonyl (C=O) groups excluding carboxylic acids is 1. The van der Waals surface area contributed by atoms with Crippen LogP contribution in [-0.2, 0) is 14.8 Å². The molecule has 0 bridgehead atoms. The van der Waals surface area contributed by atoms with Gasteiger partial charge in [-0.2, -0.15) is 9.57 Å². The lowest BCUT2D eigenvalue weighted by Gasteiger charge is -2.18. The van der Waals surface area contributed by atoms with E-state index in [1.54, 1.807) is 44.2 Å². The number of sulfonamides is 1. The summed E-state index contributed by atoms with van der Waals surface area (Å²) in [6.07, 6.45) is 0. The van der Waals surface area contributed by atoms with Crippen molar-refractivity contribution in [3.05, 3.63) is 54.1 Å². The highest BCUT2D eigenvalue weighted by Crippen LogP contribution is 2.19. The standard InChI is InChI=1S/C19H21N3O4S/c1-3-22(4-2)27(24,25)18-10-6-8-16(12-18)21-19(23)14-26-17-9-5-7-15(11-17)13-20/h5-12H,3-4,14H2,1-2H3,(H,21,23). The zero-order valence-corrected chi connectivity index (χ0v) is 16.0. The molecule has 0 heterocycles. The van der Waals surface area contributed by atoms with Crippen molar-refractivity contribution in [3.63, 3.8) is 0 Å². The van der Waals surface area contributed by atoms with Crippen LogP contribution in [0.1, 0.15) is 19.4 Å². The number of hydrogen-bond donors (Lipinski definition) is 1. The molecular weight excluding hydrogens is 366 g/mol. The van der Waals surface area contributed by atoms with Crippen LogP contribution in [0.2, 0.25) is 0 Å². The van der Waals surface area contributed by atoms with E-state index < -0.39 is 15.9 Å². The molecule has 2 rings (SSSR count). The Kier molecular flexibility index (Phi) is 6.93. The van der Waals surface area contributed by atoms with Gasteiger partial charge in [-0.25, -0.2) is 8.42 Å². The van der Waals surface area contributed by atoms with Crippen molar-refractivity contribution < 1.29 is 17.9 Å². The van der Waals surface area contributed by atoms with E-state index in [0.29, 0.717) is 30.1 Å².